The average molecular weight is 666 g/mol. The van der Waals surface area contributed by atoms with E-state index < -0.39 is 74.6 Å². The number of rotatable bonds is 9. The summed E-state index contributed by atoms with van der Waals surface area (Å²) >= 11 is 0.939. The molecule has 3 heterocycles. The number of oxime groups is 1. The Kier molecular flexibility index (Phi) is 10.5. The van der Waals surface area contributed by atoms with E-state index >= 15 is 0 Å². The lowest BCUT2D eigenvalue weighted by atomic mass is 10.0. The van der Waals surface area contributed by atoms with Gasteiger partial charge in [-0.05, 0) is 67.4 Å². The molecule has 3 amide bonds. The highest BCUT2D eigenvalue weighted by Gasteiger charge is 2.57. The van der Waals surface area contributed by atoms with Crippen molar-refractivity contribution in [2.45, 2.75) is 97.0 Å². The summed E-state index contributed by atoms with van der Waals surface area (Å²) in [4.78, 5) is 74.9. The van der Waals surface area contributed by atoms with Crippen molar-refractivity contribution >= 4 is 70.9 Å². The maximum Gasteiger partial charge on any atom is 0.413 e. The lowest BCUT2D eigenvalue weighted by Gasteiger charge is -2.49. The van der Waals surface area contributed by atoms with Crippen molar-refractivity contribution in [2.24, 2.45) is 5.16 Å². The molecule has 0 saturated carbocycles. The van der Waals surface area contributed by atoms with Crippen LogP contribution in [-0.2, 0) is 48.9 Å². The smallest absolute Gasteiger partial charge is 0.413 e. The molecule has 2 N–H and O–H groups in total. The van der Waals surface area contributed by atoms with E-state index in [1.54, 1.807) is 48.5 Å². The zero-order valence-electron chi connectivity index (χ0n) is 26.5. The summed E-state index contributed by atoms with van der Waals surface area (Å²) in [7, 11) is 3.38. The number of hydrogen-bond acceptors (Lipinski definition) is 13. The molecule has 2 aliphatic heterocycles. The second kappa shape index (κ2) is 13.3. The number of thiazole rings is 1. The van der Waals surface area contributed by atoms with E-state index in [-0.39, 0.29) is 22.3 Å². The summed E-state index contributed by atoms with van der Waals surface area (Å²) in [6, 6.07) is -1.32. The van der Waals surface area contributed by atoms with Crippen molar-refractivity contribution in [3.05, 3.63) is 22.3 Å². The van der Waals surface area contributed by atoms with Gasteiger partial charge >= 0.3 is 26.1 Å². The second-order valence-corrected chi connectivity index (χ2v) is 14.9. The van der Waals surface area contributed by atoms with E-state index in [0.29, 0.717) is 12.0 Å². The van der Waals surface area contributed by atoms with Crippen molar-refractivity contribution in [1.82, 2.24) is 15.2 Å². The van der Waals surface area contributed by atoms with E-state index in [1.807, 2.05) is 0 Å². The largest absolute Gasteiger partial charge is 0.539 e. The number of carbonyl (C=O) groups is 5. The third-order valence-electron chi connectivity index (χ3n) is 6.04. The second-order valence-electron chi connectivity index (χ2n) is 12.5. The molecule has 1 saturated heterocycles. The SMILES string of the molecule is [B]OC(=O)C1=C(CC)CS(=O)[C@@H]2[C@H](NC(=O)/C(=N\OC(C)(C)C(=O)OC(C)(C)C)c3csc(NC(=O)OC(C)(C)C)n3)C(=O)N12. The van der Waals surface area contributed by atoms with Gasteiger partial charge in [0.05, 0.1) is 10.8 Å². The van der Waals surface area contributed by atoms with E-state index in [0.717, 1.165) is 16.2 Å². The van der Waals surface area contributed by atoms with Gasteiger partial charge in [-0.25, -0.2) is 19.4 Å². The minimum Gasteiger partial charge on any atom is -0.539 e. The molecule has 0 bridgehead atoms. The van der Waals surface area contributed by atoms with Crippen LogP contribution in [0.1, 0.15) is 74.4 Å². The summed E-state index contributed by atoms with van der Waals surface area (Å²) in [5.74, 6) is -3.50. The number of anilines is 1. The van der Waals surface area contributed by atoms with Crippen molar-refractivity contribution < 1.29 is 47.1 Å². The van der Waals surface area contributed by atoms with Crippen molar-refractivity contribution in [2.75, 3.05) is 11.1 Å². The first-order chi connectivity index (χ1) is 20.7. The molecule has 0 aromatic carbocycles. The molecule has 244 valence electrons. The molecule has 0 spiro atoms. The van der Waals surface area contributed by atoms with Gasteiger partial charge in [-0.2, -0.15) is 0 Å². The van der Waals surface area contributed by atoms with Crippen LogP contribution in [-0.4, -0.2) is 91.7 Å². The van der Waals surface area contributed by atoms with Gasteiger partial charge in [-0.3, -0.25) is 24.0 Å². The molecular weight excluding hydrogens is 629 g/mol. The van der Waals surface area contributed by atoms with Crippen LogP contribution in [0.4, 0.5) is 9.93 Å². The summed E-state index contributed by atoms with van der Waals surface area (Å²) < 4.78 is 28.0. The Hall–Kier alpha value is -3.80. The van der Waals surface area contributed by atoms with Gasteiger partial charge in [0.2, 0.25) is 5.60 Å². The molecule has 2 radical (unpaired) electrons. The molecule has 1 unspecified atom stereocenters. The number of aromatic nitrogens is 1. The third kappa shape index (κ3) is 8.48. The van der Waals surface area contributed by atoms with E-state index in [1.165, 1.54) is 19.2 Å². The number of nitrogens with one attached hydrogen (secondary N) is 2. The molecule has 0 aliphatic carbocycles. The summed E-state index contributed by atoms with van der Waals surface area (Å²) in [6.45, 7) is 14.5. The maximum atomic E-state index is 13.6. The number of carbonyl (C=O) groups excluding carboxylic acids is 5. The van der Waals surface area contributed by atoms with Crippen LogP contribution in [0.3, 0.4) is 0 Å². The molecule has 2 aliphatic rings. The number of esters is 1. The highest BCUT2D eigenvalue weighted by Crippen LogP contribution is 2.36. The van der Waals surface area contributed by atoms with Crippen molar-refractivity contribution in [3.63, 3.8) is 0 Å². The fraction of sp³-hybridized carbons (Fsp3) is 0.593. The summed E-state index contributed by atoms with van der Waals surface area (Å²) in [5.41, 5.74) is -3.55. The van der Waals surface area contributed by atoms with Crippen LogP contribution >= 0.6 is 11.3 Å². The number of fused-ring (bicyclic) bond motifs is 1. The molecule has 3 rings (SSSR count). The fourth-order valence-electron chi connectivity index (χ4n) is 4.01. The summed E-state index contributed by atoms with van der Waals surface area (Å²) in [6.07, 6.45) is -0.478. The van der Waals surface area contributed by atoms with E-state index in [2.05, 4.69) is 25.4 Å². The molecule has 1 fully saturated rings. The highest BCUT2D eigenvalue weighted by molar-refractivity contribution is 7.86. The average Bonchev–Trinajstić information content (AvgIpc) is 3.36. The minimum atomic E-state index is -1.69. The Bertz CT molecular complexity index is 1470. The van der Waals surface area contributed by atoms with Crippen LogP contribution in [0.25, 0.3) is 0 Å². The molecule has 15 nitrogen and oxygen atoms in total. The molecule has 45 heavy (non-hydrogen) atoms. The Morgan fingerprint density at radius 2 is 1.73 bits per heavy atom. The van der Waals surface area contributed by atoms with Gasteiger partial charge in [-0.1, -0.05) is 12.1 Å². The van der Waals surface area contributed by atoms with Gasteiger partial charge in [0.25, 0.3) is 11.8 Å². The van der Waals surface area contributed by atoms with E-state index in [9.17, 15) is 28.2 Å². The quantitative estimate of drug-likeness (QED) is 0.129. The van der Waals surface area contributed by atoms with Gasteiger partial charge in [0.15, 0.2) is 10.8 Å². The van der Waals surface area contributed by atoms with Gasteiger partial charge < -0.3 is 24.3 Å². The molecule has 1 aromatic heterocycles. The number of ether oxygens (including phenoxy) is 2. The van der Waals surface area contributed by atoms with Gasteiger partial charge in [-0.15, -0.1) is 11.3 Å². The monoisotopic (exact) mass is 665 g/mol. The number of hydrogen-bond donors (Lipinski definition) is 2. The van der Waals surface area contributed by atoms with Crippen LogP contribution in [0, 0.1) is 0 Å². The lowest BCUT2D eigenvalue weighted by molar-refractivity contribution is -0.179. The van der Waals surface area contributed by atoms with E-state index in [4.69, 9.17) is 22.4 Å². The Labute approximate surface area is 268 Å². The first-order valence-electron chi connectivity index (χ1n) is 13.8. The van der Waals surface area contributed by atoms with Crippen molar-refractivity contribution in [1.29, 1.82) is 0 Å². The lowest BCUT2D eigenvalue weighted by Crippen LogP contribution is -2.74. The zero-order valence-corrected chi connectivity index (χ0v) is 28.1. The first kappa shape index (κ1) is 35.7. The van der Waals surface area contributed by atoms with Gasteiger partial charge in [0.1, 0.15) is 34.0 Å². The fourth-order valence-corrected chi connectivity index (χ4v) is 6.48. The Morgan fingerprint density at radius 1 is 1.11 bits per heavy atom. The van der Waals surface area contributed by atoms with Crippen LogP contribution in [0.2, 0.25) is 0 Å². The molecule has 3 atom stereocenters. The molecule has 1 aromatic rings. The zero-order chi connectivity index (χ0) is 34.1. The standard InChI is InChI=1S/C27H36BN5O10S2/c1-10-13-12-45(39)20-16(19(35)33(20)17(13)21(36)42-28)30-18(34)15(32-43-27(8,9)22(37)40-25(2,3)4)14-11-44-23(29-14)31-24(38)41-26(5,6)7/h11,16,20H,10,12H2,1-9H3,(H,30,34)(H,29,31,38)/b32-15-/t16-,20-,45?/m1/s1. The predicted molar refractivity (Wildman–Crippen MR) is 164 cm³/mol. The number of amides is 3. The topological polar surface area (TPSA) is 192 Å². The molecule has 18 heteroatoms. The van der Waals surface area contributed by atoms with Gasteiger partial charge in [0, 0.05) is 11.1 Å². The highest BCUT2D eigenvalue weighted by atomic mass is 32.2. The first-order valence-corrected chi connectivity index (χ1v) is 16.0. The van der Waals surface area contributed by atoms with Crippen molar-refractivity contribution in [3.8, 4) is 0 Å². The third-order valence-corrected chi connectivity index (χ3v) is 8.46. The molecular formula is C27H36BN5O10S2. The van der Waals surface area contributed by atoms with Crippen LogP contribution in [0.15, 0.2) is 21.8 Å². The number of nitrogens with zero attached hydrogens (tertiary/aromatic N) is 3. The minimum absolute atomic E-state index is 0.0400. The summed E-state index contributed by atoms with van der Waals surface area (Å²) in [5, 5.41) is 9.20. The predicted octanol–water partition coefficient (Wildman–Crippen LogP) is 2.04. The van der Waals surface area contributed by atoms with Crippen LogP contribution in [0.5, 0.6) is 0 Å². The normalized spacial score (nSPS) is 20.5. The van der Waals surface area contributed by atoms with Crippen LogP contribution < -0.4 is 10.6 Å². The maximum absolute atomic E-state index is 13.6. The Balaban J connectivity index is 1.92. The number of β-lactam (4-membered cyclic amide) rings is 1. The Morgan fingerprint density at radius 3 is 2.29 bits per heavy atom.